The first-order valence-electron chi connectivity index (χ1n) is 11.0. The minimum absolute atomic E-state index is 0.249. The fourth-order valence-electron chi connectivity index (χ4n) is 4.57. The zero-order valence-electron chi connectivity index (χ0n) is 18.2. The number of amides is 2. The van der Waals surface area contributed by atoms with Crippen LogP contribution in [0.3, 0.4) is 0 Å². The highest BCUT2D eigenvalue weighted by Gasteiger charge is 2.50. The molecule has 0 fully saturated rings. The predicted molar refractivity (Wildman–Crippen MR) is 125 cm³/mol. The van der Waals surface area contributed by atoms with E-state index in [2.05, 4.69) is 0 Å². The van der Waals surface area contributed by atoms with Gasteiger partial charge in [0, 0.05) is 0 Å². The van der Waals surface area contributed by atoms with Gasteiger partial charge in [-0.3, -0.25) is 19.4 Å². The largest absolute Gasteiger partial charge is 0.463 e. The van der Waals surface area contributed by atoms with Crippen molar-refractivity contribution in [1.82, 2.24) is 9.80 Å². The molecule has 2 amide bonds. The lowest BCUT2D eigenvalue weighted by molar-refractivity contribution is -0.124. The number of fused-ring (bicyclic) bond motifs is 1. The highest BCUT2D eigenvalue weighted by Crippen LogP contribution is 2.47. The monoisotopic (exact) mass is 448 g/mol. The second-order valence-electron chi connectivity index (χ2n) is 8.16. The second-order valence-corrected chi connectivity index (χ2v) is 8.16. The Balaban J connectivity index is 1.54. The van der Waals surface area contributed by atoms with Crippen molar-refractivity contribution in [1.29, 1.82) is 0 Å². The molecule has 0 bridgehead atoms. The van der Waals surface area contributed by atoms with Crippen molar-refractivity contribution in [3.05, 3.63) is 131 Å². The quantitative estimate of drug-likeness (QED) is 0.413. The molecular formula is C28H20N2O4. The van der Waals surface area contributed by atoms with E-state index in [-0.39, 0.29) is 11.8 Å². The van der Waals surface area contributed by atoms with E-state index in [0.29, 0.717) is 47.2 Å². The Bertz CT molecular complexity index is 1300. The van der Waals surface area contributed by atoms with Crippen LogP contribution in [0.2, 0.25) is 0 Å². The molecule has 6 nitrogen and oxygen atoms in total. The van der Waals surface area contributed by atoms with Gasteiger partial charge in [0.05, 0.1) is 36.8 Å². The lowest BCUT2D eigenvalue weighted by atomic mass is 10.1. The highest BCUT2D eigenvalue weighted by atomic mass is 16.3. The molecule has 2 aromatic carbocycles. The summed E-state index contributed by atoms with van der Waals surface area (Å²) in [5.41, 5.74) is 3.57. The van der Waals surface area contributed by atoms with Crippen LogP contribution in [-0.2, 0) is 22.7 Å². The molecule has 6 heteroatoms. The van der Waals surface area contributed by atoms with E-state index in [0.717, 1.165) is 11.1 Å². The molecule has 2 aliphatic heterocycles. The maximum atomic E-state index is 13.9. The minimum Gasteiger partial charge on any atom is -0.463 e. The van der Waals surface area contributed by atoms with Gasteiger partial charge in [-0.1, -0.05) is 60.7 Å². The summed E-state index contributed by atoms with van der Waals surface area (Å²) in [7, 11) is 0. The first-order chi connectivity index (χ1) is 16.7. The maximum Gasteiger partial charge on any atom is 0.261 e. The van der Waals surface area contributed by atoms with Crippen LogP contribution in [0.4, 0.5) is 0 Å². The summed E-state index contributed by atoms with van der Waals surface area (Å²) < 4.78 is 11.4. The van der Waals surface area contributed by atoms with Crippen LogP contribution in [0.1, 0.15) is 22.6 Å². The summed E-state index contributed by atoms with van der Waals surface area (Å²) >= 11 is 0. The molecule has 2 aliphatic rings. The van der Waals surface area contributed by atoms with Crippen molar-refractivity contribution in [3.8, 4) is 0 Å². The lowest BCUT2D eigenvalue weighted by Crippen LogP contribution is -2.29. The average Bonchev–Trinajstić information content (AvgIpc) is 3.66. The van der Waals surface area contributed by atoms with Crippen molar-refractivity contribution in [2.45, 2.75) is 13.1 Å². The van der Waals surface area contributed by atoms with Crippen LogP contribution >= 0.6 is 0 Å². The van der Waals surface area contributed by atoms with Crippen molar-refractivity contribution in [2.24, 2.45) is 0 Å². The van der Waals surface area contributed by atoms with Gasteiger partial charge in [0.15, 0.2) is 11.5 Å². The van der Waals surface area contributed by atoms with Gasteiger partial charge < -0.3 is 8.83 Å². The molecule has 0 saturated carbocycles. The lowest BCUT2D eigenvalue weighted by Gasteiger charge is -2.23. The third kappa shape index (κ3) is 3.19. The SMILES string of the molecule is O=C1C2=C(c3ccco3)N(Cc3ccccc3)C(=O)C2=C(c2ccco2)N1Cc1ccccc1. The standard InChI is InChI=1S/C28H20N2O4/c31-27-24-23(25(21-13-7-15-33-21)29(27)17-19-9-3-1-4-10-19)28(32)30(18-20-11-5-2-6-12-20)26(24)22-14-8-16-34-22/h1-16H,17-18H2. The number of hydrogen-bond acceptors (Lipinski definition) is 4. The normalized spacial score (nSPS) is 15.6. The Hall–Kier alpha value is -4.58. The van der Waals surface area contributed by atoms with E-state index in [1.54, 1.807) is 46.6 Å². The Morgan fingerprint density at radius 2 is 0.941 bits per heavy atom. The molecule has 2 aromatic heterocycles. The molecule has 0 saturated heterocycles. The molecule has 0 N–H and O–H groups in total. The van der Waals surface area contributed by atoms with Crippen LogP contribution in [0.25, 0.3) is 11.4 Å². The molecule has 0 radical (unpaired) electrons. The van der Waals surface area contributed by atoms with Gasteiger partial charge in [-0.25, -0.2) is 0 Å². The molecular weight excluding hydrogens is 428 g/mol. The van der Waals surface area contributed by atoms with E-state index in [9.17, 15) is 9.59 Å². The van der Waals surface area contributed by atoms with Crippen LogP contribution < -0.4 is 0 Å². The molecule has 0 atom stereocenters. The first kappa shape index (κ1) is 20.1. The van der Waals surface area contributed by atoms with Gasteiger partial charge in [-0.05, 0) is 35.4 Å². The summed E-state index contributed by atoms with van der Waals surface area (Å²) in [6, 6.07) is 26.4. The number of nitrogens with zero attached hydrogens (tertiary/aromatic N) is 2. The van der Waals surface area contributed by atoms with Crippen LogP contribution in [0.15, 0.2) is 117 Å². The first-order valence-corrected chi connectivity index (χ1v) is 11.0. The van der Waals surface area contributed by atoms with Crippen LogP contribution in [0.5, 0.6) is 0 Å². The van der Waals surface area contributed by atoms with Gasteiger partial charge in [-0.2, -0.15) is 0 Å². The summed E-state index contributed by atoms with van der Waals surface area (Å²) in [5.74, 6) is 0.451. The van der Waals surface area contributed by atoms with Gasteiger partial charge in [0.2, 0.25) is 0 Å². The third-order valence-electron chi connectivity index (χ3n) is 6.06. The van der Waals surface area contributed by atoms with Gasteiger partial charge in [0.25, 0.3) is 11.8 Å². The third-order valence-corrected chi connectivity index (χ3v) is 6.06. The number of hydrogen-bond donors (Lipinski definition) is 0. The van der Waals surface area contributed by atoms with E-state index >= 15 is 0 Å². The van der Waals surface area contributed by atoms with Gasteiger partial charge >= 0.3 is 0 Å². The molecule has 6 rings (SSSR count). The van der Waals surface area contributed by atoms with Gasteiger partial charge in [0.1, 0.15) is 11.4 Å². The van der Waals surface area contributed by atoms with Gasteiger partial charge in [-0.15, -0.1) is 0 Å². The molecule has 166 valence electrons. The van der Waals surface area contributed by atoms with Crippen LogP contribution in [-0.4, -0.2) is 21.6 Å². The van der Waals surface area contributed by atoms with Crippen LogP contribution in [0, 0.1) is 0 Å². The predicted octanol–water partition coefficient (Wildman–Crippen LogP) is 5.08. The van der Waals surface area contributed by atoms with E-state index < -0.39 is 0 Å². The van der Waals surface area contributed by atoms with E-state index in [1.807, 2.05) is 60.7 Å². The number of carbonyl (C=O) groups is 2. The fraction of sp³-hybridized carbons (Fsp3) is 0.0714. The summed E-state index contributed by atoms with van der Waals surface area (Å²) in [4.78, 5) is 31.1. The summed E-state index contributed by atoms with van der Waals surface area (Å²) in [5, 5.41) is 0. The number of furan rings is 2. The zero-order chi connectivity index (χ0) is 23.1. The Morgan fingerprint density at radius 3 is 1.29 bits per heavy atom. The molecule has 0 spiro atoms. The maximum absolute atomic E-state index is 13.9. The number of rotatable bonds is 6. The van der Waals surface area contributed by atoms with Crippen molar-refractivity contribution < 1.29 is 18.4 Å². The summed E-state index contributed by atoms with van der Waals surface area (Å²) in [6.45, 7) is 0.639. The molecule has 0 unspecified atom stereocenters. The molecule has 4 heterocycles. The van der Waals surface area contributed by atoms with Crippen molar-refractivity contribution >= 4 is 23.2 Å². The fourth-order valence-corrected chi connectivity index (χ4v) is 4.57. The van der Waals surface area contributed by atoms with Crippen molar-refractivity contribution in [2.75, 3.05) is 0 Å². The van der Waals surface area contributed by atoms with E-state index in [4.69, 9.17) is 8.83 Å². The highest BCUT2D eigenvalue weighted by molar-refractivity contribution is 6.29. The smallest absolute Gasteiger partial charge is 0.261 e. The number of carbonyl (C=O) groups excluding carboxylic acids is 2. The minimum atomic E-state index is -0.249. The molecule has 4 aromatic rings. The van der Waals surface area contributed by atoms with Crippen molar-refractivity contribution in [3.63, 3.8) is 0 Å². The summed E-state index contributed by atoms with van der Waals surface area (Å²) in [6.07, 6.45) is 3.09. The Morgan fingerprint density at radius 1 is 0.529 bits per heavy atom. The van der Waals surface area contributed by atoms with E-state index in [1.165, 1.54) is 0 Å². The number of benzene rings is 2. The second kappa shape index (κ2) is 8.08. The topological polar surface area (TPSA) is 66.9 Å². The molecule has 0 aliphatic carbocycles. The Labute approximate surface area is 196 Å². The zero-order valence-corrected chi connectivity index (χ0v) is 18.2. The average molecular weight is 448 g/mol. The Kier molecular flexibility index (Phi) is 4.77. The molecule has 34 heavy (non-hydrogen) atoms.